The minimum Gasteiger partial charge on any atom is -0.375 e. The molecule has 0 aliphatic carbocycles. The van der Waals surface area contributed by atoms with Crippen LogP contribution < -0.4 is 0 Å². The molecule has 3 aromatic rings. The highest BCUT2D eigenvalue weighted by Gasteiger charge is 2.24. The average Bonchev–Trinajstić information content (AvgIpc) is 3.42. The third-order valence-corrected chi connectivity index (χ3v) is 6.06. The van der Waals surface area contributed by atoms with Gasteiger partial charge >= 0.3 is 0 Å². The van der Waals surface area contributed by atoms with Crippen LogP contribution in [0, 0.1) is 0 Å². The van der Waals surface area contributed by atoms with E-state index in [1.54, 1.807) is 41.1 Å². The second kappa shape index (κ2) is 9.52. The largest absolute Gasteiger partial charge is 0.375 e. The number of hydrogen-bond donors (Lipinski definition) is 0. The molecule has 168 valence electrons. The van der Waals surface area contributed by atoms with Gasteiger partial charge in [-0.15, -0.1) is 0 Å². The zero-order valence-electron chi connectivity index (χ0n) is 17.8. The molecule has 4 heterocycles. The van der Waals surface area contributed by atoms with Crippen LogP contribution in [0.3, 0.4) is 0 Å². The summed E-state index contributed by atoms with van der Waals surface area (Å²) in [6.45, 7) is 3.32. The van der Waals surface area contributed by atoms with Crippen LogP contribution in [0.1, 0.15) is 53.2 Å². The Morgan fingerprint density at radius 2 is 1.88 bits per heavy atom. The number of likely N-dealkylation sites (tertiary alicyclic amines) is 1. The molecule has 0 spiro atoms. The van der Waals surface area contributed by atoms with Crippen molar-refractivity contribution in [1.82, 2.24) is 24.5 Å². The standard InChI is InChI=1S/C22H23Cl2N5O3/c1-13(32-2)21-15(12-25-19-10-18(24)27-29(19)21)9-16(30)7-14-8-17(23)20(26-11-14)22(31)28-5-3-4-6-28/h8,10-13H,3-7,9H2,1-2H3/t13-/m0/s1. The zero-order valence-corrected chi connectivity index (χ0v) is 19.4. The van der Waals surface area contributed by atoms with Crippen LogP contribution in [0.25, 0.3) is 5.65 Å². The number of hydrogen-bond acceptors (Lipinski definition) is 6. The molecular formula is C22H23Cl2N5O3. The number of aromatic nitrogens is 4. The van der Waals surface area contributed by atoms with Crippen molar-refractivity contribution < 1.29 is 14.3 Å². The summed E-state index contributed by atoms with van der Waals surface area (Å²) in [4.78, 5) is 35.8. The van der Waals surface area contributed by atoms with Gasteiger partial charge in [0.2, 0.25) is 0 Å². The Labute approximate surface area is 195 Å². The first-order valence-electron chi connectivity index (χ1n) is 10.4. The number of carbonyl (C=O) groups excluding carboxylic acids is 2. The molecule has 1 aliphatic rings. The molecule has 0 bridgehead atoms. The number of amides is 1. The fourth-order valence-corrected chi connectivity index (χ4v) is 4.39. The number of rotatable bonds is 7. The summed E-state index contributed by atoms with van der Waals surface area (Å²) in [7, 11) is 1.59. The summed E-state index contributed by atoms with van der Waals surface area (Å²) in [5.74, 6) is -0.216. The van der Waals surface area contributed by atoms with Crippen molar-refractivity contribution in [2.75, 3.05) is 20.2 Å². The molecular weight excluding hydrogens is 453 g/mol. The molecule has 8 nitrogen and oxygen atoms in total. The Kier molecular flexibility index (Phi) is 6.74. The van der Waals surface area contributed by atoms with Crippen molar-refractivity contribution in [1.29, 1.82) is 0 Å². The first kappa shape index (κ1) is 22.6. The summed E-state index contributed by atoms with van der Waals surface area (Å²) in [6.07, 6.45) is 5.13. The molecule has 32 heavy (non-hydrogen) atoms. The van der Waals surface area contributed by atoms with E-state index in [2.05, 4.69) is 15.1 Å². The second-order valence-electron chi connectivity index (χ2n) is 7.85. The van der Waals surface area contributed by atoms with E-state index in [4.69, 9.17) is 27.9 Å². The summed E-state index contributed by atoms with van der Waals surface area (Å²) in [5, 5.41) is 4.84. The third-order valence-electron chi connectivity index (χ3n) is 5.59. The molecule has 1 fully saturated rings. The third kappa shape index (κ3) is 4.62. The van der Waals surface area contributed by atoms with Gasteiger partial charge in [-0.3, -0.25) is 9.59 Å². The fraction of sp³-hybridized carbons (Fsp3) is 0.409. The predicted octanol–water partition coefficient (Wildman–Crippen LogP) is 3.73. The Balaban J connectivity index is 1.52. The zero-order chi connectivity index (χ0) is 22.8. The molecule has 4 rings (SSSR count). The van der Waals surface area contributed by atoms with E-state index in [0.717, 1.165) is 31.6 Å². The monoisotopic (exact) mass is 475 g/mol. The molecule has 0 unspecified atom stereocenters. The van der Waals surface area contributed by atoms with E-state index in [1.165, 1.54) is 0 Å². The highest BCUT2D eigenvalue weighted by molar-refractivity contribution is 6.33. The minimum absolute atomic E-state index is 0.0505. The topological polar surface area (TPSA) is 89.7 Å². The number of pyridine rings is 1. The van der Waals surface area contributed by atoms with Crippen LogP contribution in [0.2, 0.25) is 10.2 Å². The Bertz CT molecular complexity index is 1170. The molecule has 0 N–H and O–H groups in total. The SMILES string of the molecule is CO[C@@H](C)c1c(CC(=O)Cc2cnc(C(=O)N3CCCC3)c(Cl)c2)cnc2cc(Cl)nn12. The summed E-state index contributed by atoms with van der Waals surface area (Å²) in [5.41, 5.74) is 2.89. The lowest BCUT2D eigenvalue weighted by Gasteiger charge is -2.16. The predicted molar refractivity (Wildman–Crippen MR) is 120 cm³/mol. The number of ether oxygens (including phenoxy) is 1. The maximum absolute atomic E-state index is 12.9. The Morgan fingerprint density at radius 1 is 1.12 bits per heavy atom. The van der Waals surface area contributed by atoms with Crippen molar-refractivity contribution in [3.8, 4) is 0 Å². The first-order chi connectivity index (χ1) is 15.4. The van der Waals surface area contributed by atoms with Crippen molar-refractivity contribution >= 4 is 40.5 Å². The van der Waals surface area contributed by atoms with E-state index in [0.29, 0.717) is 21.9 Å². The highest BCUT2D eigenvalue weighted by atomic mass is 35.5. The lowest BCUT2D eigenvalue weighted by molar-refractivity contribution is -0.117. The fourth-order valence-electron chi connectivity index (χ4n) is 3.94. The molecule has 1 saturated heterocycles. The van der Waals surface area contributed by atoms with Crippen LogP contribution >= 0.6 is 23.2 Å². The van der Waals surface area contributed by atoms with E-state index in [-0.39, 0.29) is 41.4 Å². The van der Waals surface area contributed by atoms with Gasteiger partial charge in [-0.25, -0.2) is 14.5 Å². The normalized spacial score (nSPS) is 14.8. The van der Waals surface area contributed by atoms with Crippen molar-refractivity contribution in [2.24, 2.45) is 0 Å². The smallest absolute Gasteiger partial charge is 0.273 e. The summed E-state index contributed by atoms with van der Waals surface area (Å²) >= 11 is 12.4. The van der Waals surface area contributed by atoms with Crippen molar-refractivity contribution in [3.63, 3.8) is 0 Å². The number of fused-ring (bicyclic) bond motifs is 1. The molecule has 0 radical (unpaired) electrons. The molecule has 10 heteroatoms. The molecule has 1 atom stereocenters. The first-order valence-corrected chi connectivity index (χ1v) is 11.1. The number of carbonyl (C=O) groups is 2. The van der Waals surface area contributed by atoms with E-state index < -0.39 is 0 Å². The number of halogens is 2. The van der Waals surface area contributed by atoms with Gasteiger partial charge in [-0.1, -0.05) is 23.2 Å². The molecule has 0 saturated carbocycles. The number of nitrogens with zero attached hydrogens (tertiary/aromatic N) is 5. The van der Waals surface area contributed by atoms with Gasteiger partial charge in [0, 0.05) is 57.1 Å². The van der Waals surface area contributed by atoms with Crippen molar-refractivity contribution in [2.45, 2.75) is 38.7 Å². The molecule has 3 aromatic heterocycles. The average molecular weight is 476 g/mol. The van der Waals surface area contributed by atoms with Crippen LogP contribution in [-0.4, -0.2) is 56.4 Å². The van der Waals surface area contributed by atoms with Crippen LogP contribution in [-0.2, 0) is 22.4 Å². The van der Waals surface area contributed by atoms with Gasteiger partial charge in [-0.05, 0) is 31.4 Å². The number of Topliss-reactive ketones (excluding diaryl/α,β-unsaturated/α-hetero) is 1. The number of methoxy groups -OCH3 is 1. The van der Waals surface area contributed by atoms with Gasteiger partial charge in [-0.2, -0.15) is 5.10 Å². The second-order valence-corrected chi connectivity index (χ2v) is 8.64. The van der Waals surface area contributed by atoms with E-state index in [9.17, 15) is 9.59 Å². The Hall–Kier alpha value is -2.55. The van der Waals surface area contributed by atoms with Gasteiger partial charge in [0.1, 0.15) is 11.5 Å². The maximum atomic E-state index is 12.9. The van der Waals surface area contributed by atoms with E-state index >= 15 is 0 Å². The maximum Gasteiger partial charge on any atom is 0.273 e. The van der Waals surface area contributed by atoms with Crippen LogP contribution in [0.15, 0.2) is 24.5 Å². The molecule has 1 aliphatic heterocycles. The van der Waals surface area contributed by atoms with Crippen LogP contribution in [0.5, 0.6) is 0 Å². The van der Waals surface area contributed by atoms with Gasteiger partial charge < -0.3 is 9.64 Å². The van der Waals surface area contributed by atoms with Gasteiger partial charge in [0.15, 0.2) is 10.8 Å². The highest BCUT2D eigenvalue weighted by Crippen LogP contribution is 2.24. The van der Waals surface area contributed by atoms with Crippen LogP contribution in [0.4, 0.5) is 0 Å². The van der Waals surface area contributed by atoms with E-state index in [1.807, 2.05) is 6.92 Å². The van der Waals surface area contributed by atoms with Gasteiger partial charge in [0.25, 0.3) is 5.91 Å². The summed E-state index contributed by atoms with van der Waals surface area (Å²) < 4.78 is 7.09. The quantitative estimate of drug-likeness (QED) is 0.516. The Morgan fingerprint density at radius 3 is 2.56 bits per heavy atom. The minimum atomic E-state index is -0.314. The van der Waals surface area contributed by atoms with Crippen molar-refractivity contribution in [3.05, 3.63) is 57.2 Å². The lowest BCUT2D eigenvalue weighted by atomic mass is 10.0. The molecule has 0 aromatic carbocycles. The number of ketones is 1. The lowest BCUT2D eigenvalue weighted by Crippen LogP contribution is -2.28. The summed E-state index contributed by atoms with van der Waals surface area (Å²) in [6, 6.07) is 3.29. The van der Waals surface area contributed by atoms with Gasteiger partial charge in [0.05, 0.1) is 16.8 Å². The molecule has 1 amide bonds.